The molecule has 0 saturated carbocycles. The van der Waals surface area contributed by atoms with Gasteiger partial charge in [-0.25, -0.2) is 0 Å². The SMILES string of the molecule is O=C1Nc2ccccc2Oc2ccc(N=Cc3ccc(-c4cc([N+](=O)[O-])ccc4Cl)o3)cc21. The Morgan fingerprint density at radius 3 is 2.67 bits per heavy atom. The molecule has 0 spiro atoms. The van der Waals surface area contributed by atoms with Crippen molar-refractivity contribution in [2.24, 2.45) is 4.99 Å². The van der Waals surface area contributed by atoms with Crippen molar-refractivity contribution in [3.05, 3.63) is 99.3 Å². The normalized spacial score (nSPS) is 12.5. The van der Waals surface area contributed by atoms with Gasteiger partial charge in [0.1, 0.15) is 17.3 Å². The van der Waals surface area contributed by atoms with E-state index in [0.29, 0.717) is 50.5 Å². The first-order valence-electron chi connectivity index (χ1n) is 9.78. The monoisotopic (exact) mass is 459 g/mol. The van der Waals surface area contributed by atoms with E-state index in [-0.39, 0.29) is 11.6 Å². The van der Waals surface area contributed by atoms with Crippen LogP contribution in [0.15, 0.2) is 82.2 Å². The van der Waals surface area contributed by atoms with Gasteiger partial charge in [-0.05, 0) is 48.5 Å². The van der Waals surface area contributed by atoms with E-state index in [2.05, 4.69) is 10.3 Å². The topological polar surface area (TPSA) is 107 Å². The number of benzene rings is 3. The third-order valence-corrected chi connectivity index (χ3v) is 5.29. The van der Waals surface area contributed by atoms with Crippen molar-refractivity contribution in [1.29, 1.82) is 0 Å². The summed E-state index contributed by atoms with van der Waals surface area (Å²) in [6, 6.07) is 19.7. The van der Waals surface area contributed by atoms with Crippen LogP contribution in [-0.2, 0) is 0 Å². The number of carbonyl (C=O) groups is 1. The molecule has 1 N–H and O–H groups in total. The second-order valence-corrected chi connectivity index (χ2v) is 7.52. The molecule has 0 aliphatic carbocycles. The number of para-hydroxylation sites is 2. The van der Waals surface area contributed by atoms with Gasteiger partial charge in [-0.15, -0.1) is 0 Å². The third-order valence-electron chi connectivity index (χ3n) is 4.96. The van der Waals surface area contributed by atoms with Crippen LogP contribution >= 0.6 is 11.6 Å². The molecule has 9 heteroatoms. The number of rotatable bonds is 4. The van der Waals surface area contributed by atoms with E-state index in [1.54, 1.807) is 42.5 Å². The second-order valence-electron chi connectivity index (χ2n) is 7.11. The summed E-state index contributed by atoms with van der Waals surface area (Å²) in [5, 5.41) is 14.2. The van der Waals surface area contributed by atoms with Gasteiger partial charge in [0.15, 0.2) is 5.75 Å². The molecule has 1 aromatic heterocycles. The lowest BCUT2D eigenvalue weighted by atomic mass is 10.1. The fourth-order valence-electron chi connectivity index (χ4n) is 3.35. The molecular weight excluding hydrogens is 446 g/mol. The van der Waals surface area contributed by atoms with Gasteiger partial charge in [-0.2, -0.15) is 0 Å². The van der Waals surface area contributed by atoms with Crippen LogP contribution in [0.25, 0.3) is 11.3 Å². The van der Waals surface area contributed by atoms with Crippen molar-refractivity contribution in [2.75, 3.05) is 5.32 Å². The lowest BCUT2D eigenvalue weighted by Gasteiger charge is -2.07. The standard InChI is InChI=1S/C24H14ClN3O5/c25-19-8-6-15(28(30)31)12-17(19)21-10-7-16(32-21)13-26-14-5-9-22-18(11-14)24(29)27-20-3-1-2-4-23(20)33-22/h1-13H,(H,27,29). The van der Waals surface area contributed by atoms with Crippen LogP contribution in [0.1, 0.15) is 16.1 Å². The summed E-state index contributed by atoms with van der Waals surface area (Å²) in [5.41, 5.74) is 1.78. The molecule has 0 saturated heterocycles. The van der Waals surface area contributed by atoms with Gasteiger partial charge >= 0.3 is 0 Å². The third kappa shape index (κ3) is 4.07. The number of halogens is 1. The highest BCUT2D eigenvalue weighted by Crippen LogP contribution is 2.37. The van der Waals surface area contributed by atoms with Crippen molar-refractivity contribution in [3.63, 3.8) is 0 Å². The van der Waals surface area contributed by atoms with Crippen LogP contribution in [0, 0.1) is 10.1 Å². The molecule has 5 rings (SSSR count). The highest BCUT2D eigenvalue weighted by Gasteiger charge is 2.21. The number of furan rings is 1. The van der Waals surface area contributed by atoms with Gasteiger partial charge in [0.05, 0.1) is 33.1 Å². The summed E-state index contributed by atoms with van der Waals surface area (Å²) in [6.45, 7) is 0. The Balaban J connectivity index is 1.40. The van der Waals surface area contributed by atoms with Crippen molar-refractivity contribution < 1.29 is 18.9 Å². The minimum Gasteiger partial charge on any atom is -0.455 e. The van der Waals surface area contributed by atoms with Crippen molar-refractivity contribution in [1.82, 2.24) is 0 Å². The maximum Gasteiger partial charge on any atom is 0.270 e. The summed E-state index contributed by atoms with van der Waals surface area (Å²) in [4.78, 5) is 27.6. The average Bonchev–Trinajstić information content (AvgIpc) is 3.23. The molecule has 1 amide bonds. The zero-order valence-electron chi connectivity index (χ0n) is 16.8. The predicted molar refractivity (Wildman–Crippen MR) is 124 cm³/mol. The molecule has 0 unspecified atom stereocenters. The number of fused-ring (bicyclic) bond motifs is 2. The fraction of sp³-hybridized carbons (Fsp3) is 0. The number of non-ortho nitro benzene ring substituents is 1. The molecule has 162 valence electrons. The van der Waals surface area contributed by atoms with Crippen LogP contribution in [0.3, 0.4) is 0 Å². The van der Waals surface area contributed by atoms with E-state index in [0.717, 1.165) is 0 Å². The Morgan fingerprint density at radius 2 is 1.82 bits per heavy atom. The number of hydrogen-bond acceptors (Lipinski definition) is 6. The first-order chi connectivity index (χ1) is 16.0. The Labute approximate surface area is 192 Å². The molecule has 3 aromatic carbocycles. The number of anilines is 1. The fourth-order valence-corrected chi connectivity index (χ4v) is 3.56. The zero-order valence-corrected chi connectivity index (χ0v) is 17.6. The summed E-state index contributed by atoms with van der Waals surface area (Å²) >= 11 is 6.18. The zero-order chi connectivity index (χ0) is 22.9. The van der Waals surface area contributed by atoms with Crippen LogP contribution < -0.4 is 10.1 Å². The summed E-state index contributed by atoms with van der Waals surface area (Å²) in [7, 11) is 0. The van der Waals surface area contributed by atoms with E-state index in [9.17, 15) is 14.9 Å². The van der Waals surface area contributed by atoms with Crippen LogP contribution in [0.4, 0.5) is 17.1 Å². The summed E-state index contributed by atoms with van der Waals surface area (Å²) in [5.74, 6) is 1.47. The highest BCUT2D eigenvalue weighted by atomic mass is 35.5. The Hall–Kier alpha value is -4.43. The maximum absolute atomic E-state index is 12.6. The molecule has 4 aromatic rings. The molecule has 2 heterocycles. The number of hydrogen-bond donors (Lipinski definition) is 1. The van der Waals surface area contributed by atoms with E-state index in [4.69, 9.17) is 20.8 Å². The van der Waals surface area contributed by atoms with Crippen molar-refractivity contribution in [3.8, 4) is 22.8 Å². The van der Waals surface area contributed by atoms with E-state index in [1.807, 2.05) is 12.1 Å². The minimum atomic E-state index is -0.498. The molecular formula is C24H14ClN3O5. The smallest absolute Gasteiger partial charge is 0.270 e. The molecule has 0 fully saturated rings. The Bertz CT molecular complexity index is 1440. The average molecular weight is 460 g/mol. The number of nitrogens with one attached hydrogen (secondary N) is 1. The van der Waals surface area contributed by atoms with Crippen LogP contribution in [0.2, 0.25) is 5.02 Å². The first kappa shape index (κ1) is 20.5. The largest absolute Gasteiger partial charge is 0.455 e. The molecule has 0 radical (unpaired) electrons. The number of carbonyl (C=O) groups excluding carboxylic acids is 1. The van der Waals surface area contributed by atoms with Gasteiger partial charge in [0, 0.05) is 17.7 Å². The Kier molecular flexibility index (Phi) is 5.12. The molecule has 33 heavy (non-hydrogen) atoms. The van der Waals surface area contributed by atoms with Gasteiger partial charge < -0.3 is 14.5 Å². The van der Waals surface area contributed by atoms with E-state index in [1.165, 1.54) is 24.4 Å². The molecule has 0 bridgehead atoms. The molecule has 1 aliphatic rings. The van der Waals surface area contributed by atoms with Crippen LogP contribution in [-0.4, -0.2) is 17.0 Å². The maximum atomic E-state index is 12.6. The van der Waals surface area contributed by atoms with Gasteiger partial charge in [0.25, 0.3) is 11.6 Å². The summed E-state index contributed by atoms with van der Waals surface area (Å²) < 4.78 is 11.6. The van der Waals surface area contributed by atoms with Crippen molar-refractivity contribution >= 4 is 40.8 Å². The number of aliphatic imine (C=N–C) groups is 1. The van der Waals surface area contributed by atoms with Gasteiger partial charge in [0.2, 0.25) is 0 Å². The molecule has 0 atom stereocenters. The number of amides is 1. The number of nitro benzene ring substituents is 1. The minimum absolute atomic E-state index is 0.0892. The van der Waals surface area contributed by atoms with Crippen LogP contribution in [0.5, 0.6) is 11.5 Å². The number of ether oxygens (including phenoxy) is 1. The quantitative estimate of drug-likeness (QED) is 0.210. The highest BCUT2D eigenvalue weighted by molar-refractivity contribution is 6.33. The van der Waals surface area contributed by atoms with Crippen molar-refractivity contribution in [2.45, 2.75) is 0 Å². The number of nitrogens with zero attached hydrogens (tertiary/aromatic N) is 2. The lowest BCUT2D eigenvalue weighted by Crippen LogP contribution is -2.10. The molecule has 1 aliphatic heterocycles. The first-order valence-corrected chi connectivity index (χ1v) is 10.2. The Morgan fingerprint density at radius 1 is 0.970 bits per heavy atom. The summed E-state index contributed by atoms with van der Waals surface area (Å²) in [6.07, 6.45) is 1.49. The van der Waals surface area contributed by atoms with E-state index < -0.39 is 4.92 Å². The second kappa shape index (κ2) is 8.25. The van der Waals surface area contributed by atoms with Gasteiger partial charge in [-0.1, -0.05) is 23.7 Å². The van der Waals surface area contributed by atoms with Gasteiger partial charge in [-0.3, -0.25) is 19.9 Å². The predicted octanol–water partition coefficient (Wildman–Crippen LogP) is 6.62. The lowest BCUT2D eigenvalue weighted by molar-refractivity contribution is -0.384. The molecule has 8 nitrogen and oxygen atoms in total. The number of nitro groups is 1. The van der Waals surface area contributed by atoms with E-state index >= 15 is 0 Å².